The predicted molar refractivity (Wildman–Crippen MR) is 128 cm³/mol. The highest BCUT2D eigenvalue weighted by Gasteiger charge is 2.37. The van der Waals surface area contributed by atoms with E-state index in [0.717, 1.165) is 37.7 Å². The number of nitrogens with zero attached hydrogens (tertiary/aromatic N) is 2. The second kappa shape index (κ2) is 9.16. The third kappa shape index (κ3) is 4.36. The van der Waals surface area contributed by atoms with Crippen LogP contribution >= 0.6 is 35.6 Å². The zero-order valence-electron chi connectivity index (χ0n) is 16.6. The summed E-state index contributed by atoms with van der Waals surface area (Å²) in [6.45, 7) is 0.659. The fourth-order valence-electron chi connectivity index (χ4n) is 3.31. The number of hydrogen-bond donors (Lipinski definition) is 0. The predicted octanol–water partition coefficient (Wildman–Crippen LogP) is 6.31. The average Bonchev–Trinajstić information content (AvgIpc) is 3.10. The second-order valence-corrected chi connectivity index (χ2v) is 8.89. The Kier molecular flexibility index (Phi) is 6.37. The largest absolute Gasteiger partial charge is 0.497 e. The molecule has 3 aromatic rings. The Morgan fingerprint density at radius 1 is 0.867 bits per heavy atom. The Hall–Kier alpha value is -2.41. The molecule has 7 heteroatoms. The van der Waals surface area contributed by atoms with E-state index in [-0.39, 0.29) is 5.37 Å². The molecule has 0 N–H and O–H groups in total. The average molecular weight is 457 g/mol. The van der Waals surface area contributed by atoms with E-state index < -0.39 is 0 Å². The van der Waals surface area contributed by atoms with Crippen LogP contribution in [0.3, 0.4) is 0 Å². The maximum Gasteiger partial charge on any atom is 0.157 e. The number of thiocarbonyl (C=S) groups is 1. The van der Waals surface area contributed by atoms with Gasteiger partial charge in [0.15, 0.2) is 4.32 Å². The van der Waals surface area contributed by atoms with E-state index >= 15 is 0 Å². The lowest BCUT2D eigenvalue weighted by molar-refractivity contribution is 0.390. The van der Waals surface area contributed by atoms with Crippen LogP contribution in [0.1, 0.15) is 16.5 Å². The first-order valence-electron chi connectivity index (χ1n) is 9.39. The number of rotatable bonds is 6. The Bertz CT molecular complexity index is 1010. The van der Waals surface area contributed by atoms with Crippen molar-refractivity contribution in [1.82, 2.24) is 5.01 Å². The van der Waals surface area contributed by atoms with Gasteiger partial charge in [0.1, 0.15) is 16.9 Å². The van der Waals surface area contributed by atoms with Gasteiger partial charge in [-0.15, -0.1) is 0 Å². The van der Waals surface area contributed by atoms with Gasteiger partial charge in [0, 0.05) is 5.02 Å². The van der Waals surface area contributed by atoms with Crippen molar-refractivity contribution in [1.29, 1.82) is 0 Å². The van der Waals surface area contributed by atoms with E-state index in [2.05, 4.69) is 46.4 Å². The number of hydrogen-bond acceptors (Lipinski definition) is 5. The lowest BCUT2D eigenvalue weighted by Gasteiger charge is -2.34. The van der Waals surface area contributed by atoms with Gasteiger partial charge in [0.05, 0.1) is 26.5 Å². The summed E-state index contributed by atoms with van der Waals surface area (Å²) in [7, 11) is 3.34. The van der Waals surface area contributed by atoms with Crippen molar-refractivity contribution < 1.29 is 9.47 Å². The number of ether oxygens (including phenoxy) is 2. The molecule has 0 spiro atoms. The third-order valence-corrected chi connectivity index (χ3v) is 6.75. The van der Waals surface area contributed by atoms with Gasteiger partial charge in [-0.05, 0) is 59.7 Å². The highest BCUT2D eigenvalue weighted by Crippen LogP contribution is 2.46. The van der Waals surface area contributed by atoms with Crippen LogP contribution in [-0.2, 0) is 6.54 Å². The molecule has 154 valence electrons. The highest BCUT2D eigenvalue weighted by atomic mass is 35.5. The minimum Gasteiger partial charge on any atom is -0.497 e. The molecule has 1 aliphatic rings. The Balaban J connectivity index is 1.70. The molecule has 0 saturated carbocycles. The number of hydrazine groups is 1. The quantitative estimate of drug-likeness (QED) is 0.403. The van der Waals surface area contributed by atoms with Crippen LogP contribution in [0.4, 0.5) is 5.69 Å². The standard InChI is InChI=1S/C23H21ClN2O2S2/c1-27-20-11-3-16(4-12-20)15-25-23(29)30-22(17-5-7-18(24)8-6-17)26(25)19-9-13-21(28-2)14-10-19/h3-14,22H,15H2,1-2H3/t22-/m0/s1. The molecule has 0 unspecified atom stereocenters. The van der Waals surface area contributed by atoms with Gasteiger partial charge in [-0.1, -0.05) is 59.8 Å². The van der Waals surface area contributed by atoms with Gasteiger partial charge in [0.25, 0.3) is 0 Å². The topological polar surface area (TPSA) is 24.9 Å². The molecule has 0 aromatic heterocycles. The molecule has 1 heterocycles. The minimum atomic E-state index is 0.0152. The van der Waals surface area contributed by atoms with Crippen LogP contribution in [0.5, 0.6) is 11.5 Å². The van der Waals surface area contributed by atoms with Crippen molar-refractivity contribution in [3.05, 3.63) is 88.9 Å². The molecular formula is C23H21ClN2O2S2. The molecule has 1 aliphatic heterocycles. The van der Waals surface area contributed by atoms with Crippen LogP contribution in [0.15, 0.2) is 72.8 Å². The number of methoxy groups -OCH3 is 2. The highest BCUT2D eigenvalue weighted by molar-refractivity contribution is 8.23. The lowest BCUT2D eigenvalue weighted by Crippen LogP contribution is -2.39. The van der Waals surface area contributed by atoms with E-state index in [1.54, 1.807) is 26.0 Å². The van der Waals surface area contributed by atoms with Crippen molar-refractivity contribution in [2.45, 2.75) is 11.9 Å². The van der Waals surface area contributed by atoms with Gasteiger partial charge in [-0.2, -0.15) is 0 Å². The number of benzene rings is 3. The Morgan fingerprint density at radius 3 is 2.00 bits per heavy atom. The van der Waals surface area contributed by atoms with Gasteiger partial charge >= 0.3 is 0 Å². The number of halogens is 1. The molecule has 0 aliphatic carbocycles. The first-order chi connectivity index (χ1) is 14.6. The molecule has 0 amide bonds. The third-order valence-electron chi connectivity index (χ3n) is 4.89. The SMILES string of the molecule is COc1ccc(CN2C(=S)S[C@@H](c3ccc(Cl)cc3)N2c2ccc(OC)cc2)cc1. The summed E-state index contributed by atoms with van der Waals surface area (Å²) in [6.07, 6.45) is 0. The summed E-state index contributed by atoms with van der Waals surface area (Å²) < 4.78 is 11.4. The molecule has 0 radical (unpaired) electrons. The van der Waals surface area contributed by atoms with E-state index in [0.29, 0.717) is 6.54 Å². The summed E-state index contributed by atoms with van der Waals surface area (Å²) in [4.78, 5) is 0. The first kappa shape index (κ1) is 20.8. The molecule has 4 nitrogen and oxygen atoms in total. The van der Waals surface area contributed by atoms with Crippen LogP contribution in [-0.4, -0.2) is 23.5 Å². The first-order valence-corrected chi connectivity index (χ1v) is 11.1. The molecule has 1 atom stereocenters. The fourth-order valence-corrected chi connectivity index (χ4v) is 4.96. The van der Waals surface area contributed by atoms with Gasteiger partial charge < -0.3 is 9.47 Å². The Morgan fingerprint density at radius 2 is 1.43 bits per heavy atom. The lowest BCUT2D eigenvalue weighted by atomic mass is 10.2. The van der Waals surface area contributed by atoms with E-state index in [1.807, 2.05) is 36.4 Å². The minimum absolute atomic E-state index is 0.0152. The Labute approximate surface area is 191 Å². The zero-order chi connectivity index (χ0) is 21.1. The zero-order valence-corrected chi connectivity index (χ0v) is 19.0. The molecule has 4 rings (SSSR count). The molecule has 30 heavy (non-hydrogen) atoms. The molecule has 3 aromatic carbocycles. The monoisotopic (exact) mass is 456 g/mol. The second-order valence-electron chi connectivity index (χ2n) is 6.74. The van der Waals surface area contributed by atoms with Crippen molar-refractivity contribution in [2.75, 3.05) is 19.2 Å². The van der Waals surface area contributed by atoms with Gasteiger partial charge in [-0.25, -0.2) is 0 Å². The van der Waals surface area contributed by atoms with Crippen LogP contribution in [0.25, 0.3) is 0 Å². The summed E-state index contributed by atoms with van der Waals surface area (Å²) in [6, 6.07) is 24.0. The maximum atomic E-state index is 6.11. The van der Waals surface area contributed by atoms with Gasteiger partial charge in [-0.3, -0.25) is 10.0 Å². The van der Waals surface area contributed by atoms with Crippen LogP contribution < -0.4 is 14.5 Å². The molecular weight excluding hydrogens is 436 g/mol. The van der Waals surface area contributed by atoms with Crippen molar-refractivity contribution in [3.63, 3.8) is 0 Å². The van der Waals surface area contributed by atoms with E-state index in [9.17, 15) is 0 Å². The summed E-state index contributed by atoms with van der Waals surface area (Å²) in [5.41, 5.74) is 3.32. The number of thioether (sulfide) groups is 1. The van der Waals surface area contributed by atoms with Crippen molar-refractivity contribution in [2.24, 2.45) is 0 Å². The number of anilines is 1. The van der Waals surface area contributed by atoms with Crippen molar-refractivity contribution in [3.8, 4) is 11.5 Å². The van der Waals surface area contributed by atoms with Crippen molar-refractivity contribution >= 4 is 45.6 Å². The van der Waals surface area contributed by atoms with E-state index in [1.165, 1.54) is 0 Å². The normalized spacial score (nSPS) is 16.1. The molecule has 1 fully saturated rings. The maximum absolute atomic E-state index is 6.11. The molecule has 1 saturated heterocycles. The molecule has 0 bridgehead atoms. The summed E-state index contributed by atoms with van der Waals surface area (Å²) >= 11 is 13.6. The summed E-state index contributed by atoms with van der Waals surface area (Å²) in [5.74, 6) is 1.65. The van der Waals surface area contributed by atoms with Gasteiger partial charge in [0.2, 0.25) is 0 Å². The van der Waals surface area contributed by atoms with Crippen LogP contribution in [0.2, 0.25) is 5.02 Å². The van der Waals surface area contributed by atoms with E-state index in [4.69, 9.17) is 33.3 Å². The van der Waals surface area contributed by atoms with Crippen LogP contribution in [0, 0.1) is 0 Å². The summed E-state index contributed by atoms with van der Waals surface area (Å²) in [5, 5.41) is 5.11. The smallest absolute Gasteiger partial charge is 0.157 e. The fraction of sp³-hybridized carbons (Fsp3) is 0.174.